The molecule has 0 atom stereocenters. The smallest absolute Gasteiger partial charge is 0.412 e. The van der Waals surface area contributed by atoms with Crippen LogP contribution < -0.4 is 11.1 Å². The van der Waals surface area contributed by atoms with E-state index in [1.54, 1.807) is 24.4 Å². The van der Waals surface area contributed by atoms with E-state index in [0.29, 0.717) is 11.2 Å². The quantitative estimate of drug-likeness (QED) is 0.681. The Balaban J connectivity index is 1.77. The maximum absolute atomic E-state index is 12.3. The van der Waals surface area contributed by atoms with Crippen LogP contribution in [0.1, 0.15) is 4.79 Å². The van der Waals surface area contributed by atoms with Crippen molar-refractivity contribution in [3.63, 3.8) is 0 Å². The lowest BCUT2D eigenvalue weighted by Gasteiger charge is -2.02. The number of anilines is 2. The Labute approximate surface area is 129 Å². The monoisotopic (exact) mass is 315 g/mol. The first-order valence-corrected chi connectivity index (χ1v) is 6.58. The van der Waals surface area contributed by atoms with Gasteiger partial charge in [-0.2, -0.15) is 9.78 Å². The highest BCUT2D eigenvalue weighted by Gasteiger charge is 2.13. The van der Waals surface area contributed by atoms with Crippen molar-refractivity contribution < 1.29 is 14.3 Å². The number of hydrogen-bond acceptors (Lipinski definition) is 7. The molecule has 0 aliphatic heterocycles. The van der Waals surface area contributed by atoms with Gasteiger partial charge in [-0.3, -0.25) is 10.1 Å². The summed E-state index contributed by atoms with van der Waals surface area (Å²) in [5, 5.41) is 14.7. The SMILES string of the molecule is COC(=O)Nc1cn(CC(=O)n2ncc3cc(N)ccc32)nn1. The molecule has 0 fully saturated rings. The number of aromatic nitrogens is 5. The zero-order chi connectivity index (χ0) is 16.4. The van der Waals surface area contributed by atoms with Crippen molar-refractivity contribution in [2.24, 2.45) is 0 Å². The summed E-state index contributed by atoms with van der Waals surface area (Å²) in [5.74, 6) is -0.123. The topological polar surface area (TPSA) is 130 Å². The van der Waals surface area contributed by atoms with Gasteiger partial charge in [-0.25, -0.2) is 9.48 Å². The lowest BCUT2D eigenvalue weighted by Crippen LogP contribution is -2.19. The van der Waals surface area contributed by atoms with Crippen LogP contribution in [-0.2, 0) is 11.3 Å². The first-order chi connectivity index (χ1) is 11.1. The molecule has 0 unspecified atom stereocenters. The summed E-state index contributed by atoms with van der Waals surface area (Å²) in [6.45, 7) is -0.0863. The largest absolute Gasteiger partial charge is 0.453 e. The zero-order valence-electron chi connectivity index (χ0n) is 12.1. The average Bonchev–Trinajstić information content (AvgIpc) is 3.13. The lowest BCUT2D eigenvalue weighted by atomic mass is 10.2. The molecule has 3 rings (SSSR count). The van der Waals surface area contributed by atoms with E-state index < -0.39 is 6.09 Å². The van der Waals surface area contributed by atoms with E-state index >= 15 is 0 Å². The van der Waals surface area contributed by atoms with Crippen LogP contribution in [0, 0.1) is 0 Å². The van der Waals surface area contributed by atoms with Crippen molar-refractivity contribution in [3.8, 4) is 0 Å². The van der Waals surface area contributed by atoms with Gasteiger partial charge >= 0.3 is 6.09 Å². The van der Waals surface area contributed by atoms with E-state index in [1.165, 1.54) is 22.7 Å². The van der Waals surface area contributed by atoms with Crippen LogP contribution >= 0.6 is 0 Å². The van der Waals surface area contributed by atoms with Gasteiger partial charge in [0, 0.05) is 11.1 Å². The van der Waals surface area contributed by atoms with E-state index in [9.17, 15) is 9.59 Å². The van der Waals surface area contributed by atoms with Crippen LogP contribution in [0.2, 0.25) is 0 Å². The summed E-state index contributed by atoms with van der Waals surface area (Å²) in [4.78, 5) is 23.4. The molecule has 10 nitrogen and oxygen atoms in total. The van der Waals surface area contributed by atoms with E-state index in [-0.39, 0.29) is 18.3 Å². The van der Waals surface area contributed by atoms with Crippen LogP contribution in [-0.4, -0.2) is 43.9 Å². The molecule has 2 aromatic heterocycles. The van der Waals surface area contributed by atoms with Gasteiger partial charge in [-0.05, 0) is 18.2 Å². The molecule has 0 bridgehead atoms. The minimum atomic E-state index is -0.668. The minimum Gasteiger partial charge on any atom is -0.453 e. The van der Waals surface area contributed by atoms with Gasteiger partial charge in [-0.1, -0.05) is 5.21 Å². The molecule has 2 heterocycles. The fraction of sp³-hybridized carbons (Fsp3) is 0.154. The van der Waals surface area contributed by atoms with Gasteiger partial charge in [0.1, 0.15) is 6.54 Å². The van der Waals surface area contributed by atoms with Gasteiger partial charge in [-0.15, -0.1) is 5.10 Å². The number of methoxy groups -OCH3 is 1. The van der Waals surface area contributed by atoms with E-state index in [4.69, 9.17) is 5.73 Å². The molecule has 1 aromatic carbocycles. The summed E-state index contributed by atoms with van der Waals surface area (Å²) in [6.07, 6.45) is 2.31. The first kappa shape index (κ1) is 14.5. The van der Waals surface area contributed by atoms with Crippen molar-refractivity contribution in [2.75, 3.05) is 18.2 Å². The molecule has 118 valence electrons. The van der Waals surface area contributed by atoms with E-state index in [2.05, 4.69) is 25.5 Å². The number of carbonyl (C=O) groups is 2. The maximum atomic E-state index is 12.3. The van der Waals surface area contributed by atoms with Crippen molar-refractivity contribution in [1.82, 2.24) is 24.8 Å². The van der Waals surface area contributed by atoms with Gasteiger partial charge in [0.2, 0.25) is 0 Å². The number of benzene rings is 1. The van der Waals surface area contributed by atoms with Crippen LogP contribution in [0.5, 0.6) is 0 Å². The number of nitrogens with one attached hydrogen (secondary N) is 1. The van der Waals surface area contributed by atoms with Crippen LogP contribution in [0.4, 0.5) is 16.3 Å². The summed E-state index contributed by atoms with van der Waals surface area (Å²) < 4.78 is 7.00. The predicted octanol–water partition coefficient (Wildman–Crippen LogP) is 0.729. The normalized spacial score (nSPS) is 10.7. The molecule has 3 aromatic rings. The Morgan fingerprint density at radius 2 is 2.22 bits per heavy atom. The number of fused-ring (bicyclic) bond motifs is 1. The van der Waals surface area contributed by atoms with Gasteiger partial charge < -0.3 is 10.5 Å². The van der Waals surface area contributed by atoms with E-state index in [0.717, 1.165) is 5.39 Å². The number of carbonyl (C=O) groups excluding carboxylic acids is 2. The molecule has 0 saturated carbocycles. The van der Waals surface area contributed by atoms with E-state index in [1.807, 2.05) is 0 Å². The molecule has 10 heteroatoms. The number of rotatable bonds is 3. The Hall–Kier alpha value is -3.43. The maximum Gasteiger partial charge on any atom is 0.412 e. The summed E-state index contributed by atoms with van der Waals surface area (Å²) in [7, 11) is 1.23. The van der Waals surface area contributed by atoms with Crippen molar-refractivity contribution in [3.05, 3.63) is 30.6 Å². The highest BCUT2D eigenvalue weighted by molar-refractivity contribution is 5.92. The second-order valence-corrected chi connectivity index (χ2v) is 4.69. The van der Waals surface area contributed by atoms with Gasteiger partial charge in [0.25, 0.3) is 5.91 Å². The van der Waals surface area contributed by atoms with Crippen molar-refractivity contribution in [1.29, 1.82) is 0 Å². The summed E-state index contributed by atoms with van der Waals surface area (Å²) in [5.41, 5.74) is 6.94. The number of amides is 1. The molecule has 0 aliphatic carbocycles. The summed E-state index contributed by atoms with van der Waals surface area (Å²) >= 11 is 0. The van der Waals surface area contributed by atoms with Gasteiger partial charge in [0.15, 0.2) is 5.82 Å². The molecule has 0 saturated heterocycles. The predicted molar refractivity (Wildman–Crippen MR) is 80.8 cm³/mol. The average molecular weight is 315 g/mol. The van der Waals surface area contributed by atoms with Crippen molar-refractivity contribution in [2.45, 2.75) is 6.54 Å². The Bertz CT molecular complexity index is 883. The van der Waals surface area contributed by atoms with Crippen LogP contribution in [0.15, 0.2) is 30.6 Å². The Kier molecular flexibility index (Phi) is 3.63. The van der Waals surface area contributed by atoms with Crippen molar-refractivity contribution >= 4 is 34.4 Å². The molecular weight excluding hydrogens is 302 g/mol. The second kappa shape index (κ2) is 5.75. The fourth-order valence-electron chi connectivity index (χ4n) is 2.04. The molecular formula is C13H13N7O3. The minimum absolute atomic E-state index is 0.0863. The number of nitrogens with zero attached hydrogens (tertiary/aromatic N) is 5. The molecule has 23 heavy (non-hydrogen) atoms. The molecule has 0 radical (unpaired) electrons. The summed E-state index contributed by atoms with van der Waals surface area (Å²) in [6, 6.07) is 5.16. The number of hydrogen-bond donors (Lipinski definition) is 2. The third-order valence-corrected chi connectivity index (χ3v) is 3.08. The number of nitrogen functional groups attached to an aromatic ring is 1. The first-order valence-electron chi connectivity index (χ1n) is 6.58. The third-order valence-electron chi connectivity index (χ3n) is 3.08. The standard InChI is InChI=1S/C13H13N7O3/c1-23-13(22)16-11-6-19(18-17-11)7-12(21)20-10-3-2-9(14)4-8(10)5-15-20/h2-6H,7,14H2,1H3,(H,16,22). The second-order valence-electron chi connectivity index (χ2n) is 4.69. The molecule has 1 amide bonds. The Morgan fingerprint density at radius 1 is 1.39 bits per heavy atom. The van der Waals surface area contributed by atoms with Crippen LogP contribution in [0.25, 0.3) is 10.9 Å². The third kappa shape index (κ3) is 2.95. The zero-order valence-corrected chi connectivity index (χ0v) is 12.1. The highest BCUT2D eigenvalue weighted by atomic mass is 16.5. The lowest BCUT2D eigenvalue weighted by molar-refractivity contribution is 0.0875. The highest BCUT2D eigenvalue weighted by Crippen LogP contribution is 2.17. The Morgan fingerprint density at radius 3 is 3.00 bits per heavy atom. The number of ether oxygens (including phenoxy) is 1. The fourth-order valence-corrected chi connectivity index (χ4v) is 2.04. The number of nitrogens with two attached hydrogens (primary N) is 1. The van der Waals surface area contributed by atoms with Crippen LogP contribution in [0.3, 0.4) is 0 Å². The van der Waals surface area contributed by atoms with Gasteiger partial charge in [0.05, 0.1) is 25.0 Å². The molecule has 3 N–H and O–H groups in total. The molecule has 0 spiro atoms. The molecule has 0 aliphatic rings.